The summed E-state index contributed by atoms with van der Waals surface area (Å²) in [5.74, 6) is 9.68. The third kappa shape index (κ3) is 10.6. The van der Waals surface area contributed by atoms with Crippen molar-refractivity contribution in [1.82, 2.24) is 15.6 Å². The lowest BCUT2D eigenvalue weighted by Gasteiger charge is -2.52. The lowest BCUT2D eigenvalue weighted by atomic mass is 9.52. The Morgan fingerprint density at radius 1 is 0.972 bits per heavy atom. The predicted octanol–water partition coefficient (Wildman–Crippen LogP) is 9.41. The van der Waals surface area contributed by atoms with E-state index < -0.39 is 12.2 Å². The zero-order chi connectivity index (χ0) is 50.1. The number of nitrogens with one attached hydrogen (secondary N) is 3. The van der Waals surface area contributed by atoms with Gasteiger partial charge in [0.2, 0.25) is 0 Å². The molecule has 6 bridgehead atoms. The van der Waals surface area contributed by atoms with Gasteiger partial charge in [-0.3, -0.25) is 4.99 Å². The smallest absolute Gasteiger partial charge is 0.188 e. The number of hydrogen-bond donors (Lipinski definition) is 9. The van der Waals surface area contributed by atoms with E-state index in [9.17, 15) is 20.4 Å². The lowest BCUT2D eigenvalue weighted by Crippen LogP contribution is -2.48. The number of nitrogens with zero attached hydrogens (tertiary/aromatic N) is 1. The van der Waals surface area contributed by atoms with Crippen LogP contribution in [0.5, 0.6) is 11.5 Å². The second-order valence-corrected chi connectivity index (χ2v) is 26.3. The lowest BCUT2D eigenvalue weighted by molar-refractivity contribution is 0.0440. The molecule has 1 aromatic carbocycles. The first kappa shape index (κ1) is 52.3. The van der Waals surface area contributed by atoms with E-state index in [1.165, 1.54) is 88.3 Å². The van der Waals surface area contributed by atoms with E-state index in [1.807, 2.05) is 46.7 Å². The highest BCUT2D eigenvalue weighted by molar-refractivity contribution is 8.76. The number of aliphatic imine (C=N–C) groups is 1. The minimum Gasteiger partial charge on any atom is -0.504 e. The van der Waals surface area contributed by atoms with Crippen LogP contribution in [0.25, 0.3) is 0 Å². The molecule has 0 amide bonds. The Bertz CT molecular complexity index is 2360. The molecule has 8 aliphatic rings. The number of allylic oxidation sites excluding steroid dienone is 2. The van der Waals surface area contributed by atoms with Crippen LogP contribution in [0.2, 0.25) is 0 Å². The van der Waals surface area contributed by atoms with Crippen LogP contribution in [-0.4, -0.2) is 87.8 Å². The minimum absolute atomic E-state index is 0.000661. The SMILES string of the molecule is CN=C(N)NC1CSSCC2C(N)CC3CC(CCc4oc(CCc5ccc(O)c(OCC(O)c6cc7c([nH]6)C6C=CC8(CCCC8C68CCCC8)C7CNCC(C)O)c5)cc4CO)CCC2C3CCC1C. The molecule has 7 aliphatic carbocycles. The van der Waals surface area contributed by atoms with Crippen molar-refractivity contribution >= 4 is 27.5 Å². The zero-order valence-electron chi connectivity index (χ0n) is 43.3. The van der Waals surface area contributed by atoms with Gasteiger partial charge in [-0.25, -0.2) is 0 Å². The quantitative estimate of drug-likeness (QED) is 0.0285. The Balaban J connectivity index is 0.764. The number of aromatic amines is 1. The number of nitrogens with two attached hydrogens (primary N) is 2. The second-order valence-electron chi connectivity index (χ2n) is 23.8. The third-order valence-corrected chi connectivity index (χ3v) is 22.2. The highest BCUT2D eigenvalue weighted by atomic mass is 33.1. The average Bonchev–Trinajstić information content (AvgIpc) is 4.18. The van der Waals surface area contributed by atoms with Crippen LogP contribution >= 0.6 is 21.6 Å². The summed E-state index contributed by atoms with van der Waals surface area (Å²) in [5.41, 5.74) is 18.7. The minimum atomic E-state index is -0.911. The number of hydrogen-bond acceptors (Lipinski definition) is 11. The summed E-state index contributed by atoms with van der Waals surface area (Å²) in [5, 5.41) is 50.5. The molecular formula is C58H86N6O6S2. The molecule has 2 aromatic heterocycles. The van der Waals surface area contributed by atoms with Gasteiger partial charge in [0.05, 0.1) is 12.7 Å². The number of ether oxygens (including phenoxy) is 1. The van der Waals surface area contributed by atoms with Gasteiger partial charge in [-0.05, 0) is 165 Å². The molecule has 12 nitrogen and oxygen atoms in total. The molecule has 11 N–H and O–H groups in total. The zero-order valence-corrected chi connectivity index (χ0v) is 45.0. The van der Waals surface area contributed by atoms with Crippen molar-refractivity contribution in [2.24, 2.45) is 68.7 Å². The Hall–Kier alpha value is -3.11. The highest BCUT2D eigenvalue weighted by Crippen LogP contribution is 2.72. The summed E-state index contributed by atoms with van der Waals surface area (Å²) in [6.45, 7) is 5.51. The van der Waals surface area contributed by atoms with Crippen LogP contribution in [0.3, 0.4) is 0 Å². The number of rotatable bonds is 16. The van der Waals surface area contributed by atoms with Gasteiger partial charge in [-0.2, -0.15) is 0 Å². The van der Waals surface area contributed by atoms with Crippen LogP contribution in [0.15, 0.2) is 51.9 Å². The first-order valence-corrected chi connectivity index (χ1v) is 30.5. The number of aliphatic hydroxyl groups is 3. The summed E-state index contributed by atoms with van der Waals surface area (Å²) in [6, 6.07) is 10.3. The number of aromatic nitrogens is 1. The molecule has 396 valence electrons. The van der Waals surface area contributed by atoms with E-state index in [0.717, 1.165) is 65.7 Å². The van der Waals surface area contributed by atoms with Crippen LogP contribution in [0, 0.1) is 52.3 Å². The number of H-pyrrole nitrogens is 1. The van der Waals surface area contributed by atoms with Crippen LogP contribution in [0.1, 0.15) is 161 Å². The van der Waals surface area contributed by atoms with Gasteiger partial charge >= 0.3 is 0 Å². The van der Waals surface area contributed by atoms with Gasteiger partial charge in [0.25, 0.3) is 0 Å². The summed E-state index contributed by atoms with van der Waals surface area (Å²) >= 11 is 0. The van der Waals surface area contributed by atoms with Crippen molar-refractivity contribution in [1.29, 1.82) is 0 Å². The molecule has 3 heterocycles. The second kappa shape index (κ2) is 22.6. The first-order chi connectivity index (χ1) is 34.9. The number of guanidine groups is 1. The van der Waals surface area contributed by atoms with Crippen molar-refractivity contribution in [2.45, 2.75) is 166 Å². The normalized spacial score (nSPS) is 33.9. The van der Waals surface area contributed by atoms with E-state index in [1.54, 1.807) is 13.1 Å². The Morgan fingerprint density at radius 2 is 1.79 bits per heavy atom. The van der Waals surface area contributed by atoms with Gasteiger partial charge in [-0.1, -0.05) is 72.4 Å². The molecule has 2 spiro atoms. The van der Waals surface area contributed by atoms with Crippen LogP contribution in [0.4, 0.5) is 0 Å². The molecule has 1 saturated heterocycles. The van der Waals surface area contributed by atoms with E-state index >= 15 is 0 Å². The molecular weight excluding hydrogens is 941 g/mol. The van der Waals surface area contributed by atoms with Crippen LogP contribution < -0.4 is 26.8 Å². The Kier molecular flexibility index (Phi) is 16.4. The molecule has 14 unspecified atom stereocenters. The summed E-state index contributed by atoms with van der Waals surface area (Å²) in [4.78, 5) is 7.98. The molecule has 72 heavy (non-hydrogen) atoms. The molecule has 11 rings (SSSR count). The maximum Gasteiger partial charge on any atom is 0.188 e. The average molecular weight is 1030 g/mol. The molecule has 5 fully saturated rings. The topological polar surface area (TPSA) is 208 Å². The van der Waals surface area contributed by atoms with Crippen molar-refractivity contribution in [2.75, 3.05) is 38.2 Å². The fraction of sp³-hybridized carbons (Fsp3) is 0.707. The fourth-order valence-corrected chi connectivity index (χ4v) is 19.0. The van der Waals surface area contributed by atoms with Gasteiger partial charge < -0.3 is 56.7 Å². The van der Waals surface area contributed by atoms with Crippen molar-refractivity contribution < 1.29 is 29.6 Å². The molecule has 3 aromatic rings. The molecule has 14 atom stereocenters. The number of phenolic OH excluding ortho intramolecular Hbond substituents is 1. The summed E-state index contributed by atoms with van der Waals surface area (Å²) < 4.78 is 12.8. The number of aliphatic hydroxyl groups excluding tert-OH is 3. The molecule has 0 radical (unpaired) electrons. The van der Waals surface area contributed by atoms with Crippen molar-refractivity contribution in [3.05, 3.63) is 82.1 Å². The van der Waals surface area contributed by atoms with Crippen LogP contribution in [-0.2, 0) is 25.9 Å². The van der Waals surface area contributed by atoms with Gasteiger partial charge in [0.1, 0.15) is 24.2 Å². The van der Waals surface area contributed by atoms with Crippen molar-refractivity contribution in [3.8, 4) is 11.5 Å². The maximum absolute atomic E-state index is 11.8. The number of benzene rings is 1. The van der Waals surface area contributed by atoms with E-state index in [4.69, 9.17) is 20.6 Å². The number of aromatic hydroxyl groups is 1. The number of aryl methyl sites for hydroxylation is 3. The van der Waals surface area contributed by atoms with Gasteiger partial charge in [-0.15, -0.1) is 0 Å². The monoisotopic (exact) mass is 1030 g/mol. The summed E-state index contributed by atoms with van der Waals surface area (Å²) in [6.07, 6.45) is 23.0. The largest absolute Gasteiger partial charge is 0.504 e. The predicted molar refractivity (Wildman–Crippen MR) is 291 cm³/mol. The van der Waals surface area contributed by atoms with E-state index in [2.05, 4.69) is 45.8 Å². The van der Waals surface area contributed by atoms with Gasteiger partial charge in [0, 0.05) is 85.4 Å². The number of furan rings is 1. The third-order valence-electron chi connectivity index (χ3n) is 19.7. The molecule has 1 aliphatic heterocycles. The molecule has 4 saturated carbocycles. The summed E-state index contributed by atoms with van der Waals surface area (Å²) in [7, 11) is 5.71. The molecule has 14 heteroatoms. The first-order valence-electron chi connectivity index (χ1n) is 28.0. The van der Waals surface area contributed by atoms with E-state index in [-0.39, 0.29) is 41.8 Å². The standard InChI is InChI=1S/C58H86N6O6S2/c1-34-8-14-41-38-23-36(10-15-42(41)44(47(59)26-38)32-71-72-33-49(34)64-56(60)61-3)12-17-52-39(30-65)25-40(70-52)13-9-37-11-16-50(67)53(24-37)69-31-51(68)48-27-43-46(29-62-28-35(2)66)58-21-6-7-54(58)57(19-4-5-20-57)45(18-22-58)55(43)63-48/h11,16,18,22,24-25,27,34-36,38,41-42,44-47,49,51,54,62-63,65-68H,4-10,12-15,17,19-21,23,26,28-33,59H2,1-3H3,(H3,60,61,64). The Labute approximate surface area is 436 Å². The van der Waals surface area contributed by atoms with E-state index in [0.29, 0.717) is 84.5 Å². The number of phenols is 1. The highest BCUT2D eigenvalue weighted by Gasteiger charge is 2.63. The Morgan fingerprint density at radius 3 is 2.60 bits per heavy atom. The fourth-order valence-electron chi connectivity index (χ4n) is 16.1. The maximum atomic E-state index is 11.8. The van der Waals surface area contributed by atoms with Gasteiger partial charge in [0.15, 0.2) is 17.5 Å². The van der Waals surface area contributed by atoms with Crippen molar-refractivity contribution in [3.63, 3.8) is 0 Å².